The molecule has 6 heteroatoms. The Labute approximate surface area is 199 Å². The van der Waals surface area contributed by atoms with Crippen LogP contribution in [0.5, 0.6) is 11.5 Å². The maximum atomic E-state index is 13.7. The first-order chi connectivity index (χ1) is 16.6. The van der Waals surface area contributed by atoms with Crippen molar-refractivity contribution in [3.05, 3.63) is 95.6 Å². The number of aliphatic hydroxyl groups is 1. The summed E-state index contributed by atoms with van der Waals surface area (Å²) in [6, 6.07) is 25.0. The summed E-state index contributed by atoms with van der Waals surface area (Å²) < 4.78 is 17.6. The van der Waals surface area contributed by atoms with Crippen molar-refractivity contribution in [3.8, 4) is 11.5 Å². The van der Waals surface area contributed by atoms with Crippen molar-refractivity contribution < 1.29 is 24.1 Å². The Morgan fingerprint density at radius 3 is 2.21 bits per heavy atom. The third-order valence-corrected chi connectivity index (χ3v) is 7.01. The lowest BCUT2D eigenvalue weighted by Crippen LogP contribution is -2.62. The smallest absolute Gasteiger partial charge is 0.255 e. The highest BCUT2D eigenvalue weighted by Gasteiger charge is 2.57. The topological polar surface area (TPSA) is 68.2 Å². The summed E-state index contributed by atoms with van der Waals surface area (Å²) in [4.78, 5) is 15.6. The molecule has 3 atom stereocenters. The average Bonchev–Trinajstić information content (AvgIpc) is 3.41. The number of carbonyl (C=O) groups is 1. The highest BCUT2D eigenvalue weighted by Crippen LogP contribution is 2.49. The van der Waals surface area contributed by atoms with Gasteiger partial charge in [0.05, 0.1) is 20.3 Å². The van der Waals surface area contributed by atoms with Crippen molar-refractivity contribution in [2.45, 2.75) is 36.7 Å². The lowest BCUT2D eigenvalue weighted by Gasteiger charge is -2.51. The molecule has 6 nitrogen and oxygen atoms in total. The summed E-state index contributed by atoms with van der Waals surface area (Å²) in [7, 11) is 3.10. The van der Waals surface area contributed by atoms with Crippen LogP contribution in [0.4, 0.5) is 0 Å². The molecule has 0 bridgehead atoms. The van der Waals surface area contributed by atoms with Gasteiger partial charge in [0.25, 0.3) is 5.91 Å². The molecule has 1 amide bonds. The number of benzene rings is 3. The van der Waals surface area contributed by atoms with Gasteiger partial charge in [-0.3, -0.25) is 4.79 Å². The van der Waals surface area contributed by atoms with E-state index in [9.17, 15) is 9.90 Å². The van der Waals surface area contributed by atoms with Crippen LogP contribution in [-0.4, -0.2) is 48.8 Å². The van der Waals surface area contributed by atoms with Crippen LogP contribution in [0.3, 0.4) is 0 Å². The summed E-state index contributed by atoms with van der Waals surface area (Å²) in [5.74, 6) is 0.846. The molecule has 3 aromatic carbocycles. The van der Waals surface area contributed by atoms with Gasteiger partial charge in [0.15, 0.2) is 6.10 Å². The number of hydrogen-bond donors (Lipinski definition) is 1. The van der Waals surface area contributed by atoms with E-state index in [2.05, 4.69) is 0 Å². The van der Waals surface area contributed by atoms with Crippen molar-refractivity contribution in [2.24, 2.45) is 0 Å². The fourth-order valence-corrected chi connectivity index (χ4v) is 5.43. The van der Waals surface area contributed by atoms with Crippen molar-refractivity contribution in [3.63, 3.8) is 0 Å². The van der Waals surface area contributed by atoms with Gasteiger partial charge < -0.3 is 24.2 Å². The van der Waals surface area contributed by atoms with Crippen LogP contribution < -0.4 is 9.47 Å². The minimum atomic E-state index is -1.22. The number of methoxy groups -OCH3 is 2. The quantitative estimate of drug-likeness (QED) is 0.602. The molecule has 0 spiro atoms. The van der Waals surface area contributed by atoms with E-state index in [0.29, 0.717) is 23.6 Å². The molecule has 2 saturated heterocycles. The maximum Gasteiger partial charge on any atom is 0.255 e. The van der Waals surface area contributed by atoms with Gasteiger partial charge in [-0.05, 0) is 36.1 Å². The van der Waals surface area contributed by atoms with Crippen molar-refractivity contribution in [2.75, 3.05) is 20.8 Å². The lowest BCUT2D eigenvalue weighted by atomic mass is 9.77. The highest BCUT2D eigenvalue weighted by molar-refractivity contribution is 5.84. The van der Waals surface area contributed by atoms with E-state index >= 15 is 0 Å². The van der Waals surface area contributed by atoms with Gasteiger partial charge in [-0.2, -0.15) is 0 Å². The normalized spacial score (nSPS) is 22.2. The molecule has 3 aromatic rings. The molecule has 0 saturated carbocycles. The zero-order valence-electron chi connectivity index (χ0n) is 19.4. The predicted molar refractivity (Wildman–Crippen MR) is 128 cm³/mol. The molecule has 0 aliphatic carbocycles. The van der Waals surface area contributed by atoms with Crippen molar-refractivity contribution in [1.82, 2.24) is 4.90 Å². The van der Waals surface area contributed by atoms with E-state index in [1.54, 1.807) is 25.3 Å². The zero-order valence-corrected chi connectivity index (χ0v) is 19.4. The molecular formula is C28H29NO5. The van der Waals surface area contributed by atoms with Crippen LogP contribution in [0.2, 0.25) is 0 Å². The highest BCUT2D eigenvalue weighted by atomic mass is 16.5. The Bertz CT molecular complexity index is 1110. The second-order valence-electron chi connectivity index (χ2n) is 8.75. The number of nitrogens with zero attached hydrogens (tertiary/aromatic N) is 1. The number of fused-ring (bicyclic) bond motifs is 1. The van der Waals surface area contributed by atoms with E-state index in [4.69, 9.17) is 14.2 Å². The molecule has 176 valence electrons. The SMILES string of the molecule is COc1ccc([C@H](O)[C@@H]2OC(c3ccccc3)(c3ccccc3)[C@@H]3CCCN3C2=O)c(OC)c1. The summed E-state index contributed by atoms with van der Waals surface area (Å²) in [6.45, 7) is 0.636. The first-order valence-corrected chi connectivity index (χ1v) is 11.6. The largest absolute Gasteiger partial charge is 0.497 e. The van der Waals surface area contributed by atoms with E-state index in [-0.39, 0.29) is 11.9 Å². The summed E-state index contributed by atoms with van der Waals surface area (Å²) in [5, 5.41) is 11.5. The van der Waals surface area contributed by atoms with E-state index in [0.717, 1.165) is 24.0 Å². The molecule has 2 aliphatic heterocycles. The monoisotopic (exact) mass is 459 g/mol. The molecule has 0 radical (unpaired) electrons. The van der Waals surface area contributed by atoms with E-state index < -0.39 is 17.8 Å². The van der Waals surface area contributed by atoms with Gasteiger partial charge >= 0.3 is 0 Å². The van der Waals surface area contributed by atoms with Crippen LogP contribution in [0.25, 0.3) is 0 Å². The average molecular weight is 460 g/mol. The predicted octanol–water partition coefficient (Wildman–Crippen LogP) is 4.07. The maximum absolute atomic E-state index is 13.7. The lowest BCUT2D eigenvalue weighted by molar-refractivity contribution is -0.204. The number of carbonyl (C=O) groups excluding carboxylic acids is 1. The number of morpholine rings is 1. The number of hydrogen-bond acceptors (Lipinski definition) is 5. The van der Waals surface area contributed by atoms with E-state index in [1.807, 2.05) is 65.6 Å². The van der Waals surface area contributed by atoms with Gasteiger partial charge in [-0.25, -0.2) is 0 Å². The van der Waals surface area contributed by atoms with Crippen LogP contribution in [0, 0.1) is 0 Å². The van der Waals surface area contributed by atoms with Crippen LogP contribution in [-0.2, 0) is 15.1 Å². The second kappa shape index (κ2) is 9.12. The van der Waals surface area contributed by atoms with Crippen molar-refractivity contribution >= 4 is 5.91 Å². The van der Waals surface area contributed by atoms with Gasteiger partial charge in [0, 0.05) is 18.2 Å². The van der Waals surface area contributed by atoms with Gasteiger partial charge in [-0.15, -0.1) is 0 Å². The van der Waals surface area contributed by atoms with Gasteiger partial charge in [0.1, 0.15) is 23.2 Å². The molecule has 2 aliphatic rings. The Balaban J connectivity index is 1.65. The van der Waals surface area contributed by atoms with E-state index in [1.165, 1.54) is 7.11 Å². The molecule has 5 rings (SSSR count). The first-order valence-electron chi connectivity index (χ1n) is 11.6. The van der Waals surface area contributed by atoms with Crippen molar-refractivity contribution in [1.29, 1.82) is 0 Å². The Morgan fingerprint density at radius 2 is 1.62 bits per heavy atom. The van der Waals surface area contributed by atoms with Gasteiger partial charge in [0.2, 0.25) is 0 Å². The minimum Gasteiger partial charge on any atom is -0.497 e. The number of rotatable bonds is 6. The molecule has 34 heavy (non-hydrogen) atoms. The third-order valence-electron chi connectivity index (χ3n) is 7.01. The minimum absolute atomic E-state index is 0.161. The summed E-state index contributed by atoms with van der Waals surface area (Å²) in [5.41, 5.74) is 1.50. The molecular weight excluding hydrogens is 430 g/mol. The Hall–Kier alpha value is -3.35. The zero-order chi connectivity index (χ0) is 23.7. The summed E-state index contributed by atoms with van der Waals surface area (Å²) in [6.07, 6.45) is -0.612. The molecule has 0 unspecified atom stereocenters. The standard InChI is InChI=1S/C28H29NO5/c1-32-21-15-16-22(23(18-21)33-2)25(30)26-27(31)29-17-9-14-24(29)28(34-26,19-10-5-3-6-11-19)20-12-7-4-8-13-20/h3-8,10-13,15-16,18,24-26,30H,9,14,17H2,1-2H3/t24-,25-,26-/m0/s1. The van der Waals surface area contributed by atoms with Gasteiger partial charge in [-0.1, -0.05) is 60.7 Å². The molecule has 2 heterocycles. The third kappa shape index (κ3) is 3.54. The van der Waals surface area contributed by atoms with Crippen LogP contribution in [0.15, 0.2) is 78.9 Å². The molecule has 0 aromatic heterocycles. The molecule has 1 N–H and O–H groups in total. The number of amides is 1. The number of aliphatic hydroxyl groups excluding tert-OH is 1. The summed E-state index contributed by atoms with van der Waals surface area (Å²) >= 11 is 0. The van der Waals surface area contributed by atoms with Crippen LogP contribution >= 0.6 is 0 Å². The first kappa shape index (κ1) is 22.4. The Morgan fingerprint density at radius 1 is 0.971 bits per heavy atom. The van der Waals surface area contributed by atoms with Crippen LogP contribution in [0.1, 0.15) is 35.6 Å². The molecule has 2 fully saturated rings. The second-order valence-corrected chi connectivity index (χ2v) is 8.75. The fourth-order valence-electron chi connectivity index (χ4n) is 5.43. The number of ether oxygens (including phenoxy) is 3. The fraction of sp³-hybridized carbons (Fsp3) is 0.321. The Kier molecular flexibility index (Phi) is 6.02.